The Kier molecular flexibility index (Phi) is 5.83. The van der Waals surface area contributed by atoms with Crippen LogP contribution < -0.4 is 17.0 Å². The molecule has 1 rings (SSSR count). The predicted octanol–water partition coefficient (Wildman–Crippen LogP) is 1.32. The minimum Gasteiger partial charge on any atom is -0.330 e. The quantitative estimate of drug-likeness (QED) is 0.409. The van der Waals surface area contributed by atoms with Gasteiger partial charge in [-0.05, 0) is 30.0 Å². The van der Waals surface area contributed by atoms with Crippen molar-refractivity contribution >= 4 is 29.0 Å². The lowest BCUT2D eigenvalue weighted by Gasteiger charge is -2.09. The van der Waals surface area contributed by atoms with E-state index in [9.17, 15) is 4.79 Å². The second-order valence-electron chi connectivity index (χ2n) is 3.45. The Morgan fingerprint density at radius 1 is 1.69 bits per heavy atom. The number of carbonyl (C=O) groups is 1. The van der Waals surface area contributed by atoms with Crippen LogP contribution in [0.2, 0.25) is 0 Å². The third-order valence-electron chi connectivity index (χ3n) is 2.18. The van der Waals surface area contributed by atoms with E-state index in [1.165, 1.54) is 11.3 Å². The Morgan fingerprint density at radius 3 is 3.06 bits per heavy atom. The maximum atomic E-state index is 11.4. The number of thiophene rings is 1. The van der Waals surface area contributed by atoms with Crippen LogP contribution in [0.1, 0.15) is 28.6 Å². The van der Waals surface area contributed by atoms with Crippen LogP contribution in [-0.4, -0.2) is 17.7 Å². The van der Waals surface area contributed by atoms with E-state index in [-0.39, 0.29) is 5.91 Å². The average molecular weight is 259 g/mol. The van der Waals surface area contributed by atoms with E-state index in [0.29, 0.717) is 16.7 Å². The molecule has 1 amide bonds. The second kappa shape index (κ2) is 6.90. The number of rotatable bonds is 6. The van der Waals surface area contributed by atoms with E-state index >= 15 is 0 Å². The molecule has 0 aliphatic heterocycles. The van der Waals surface area contributed by atoms with Crippen LogP contribution in [0.15, 0.2) is 11.4 Å². The van der Waals surface area contributed by atoms with Crippen molar-refractivity contribution in [2.75, 3.05) is 6.54 Å². The first-order valence-corrected chi connectivity index (χ1v) is 7.00. The molecule has 0 spiro atoms. The summed E-state index contributed by atoms with van der Waals surface area (Å²) in [5.74, 6) is 5.74. The molecule has 90 valence electrons. The van der Waals surface area contributed by atoms with Crippen molar-refractivity contribution in [1.82, 2.24) is 5.43 Å². The number of nitrogens with one attached hydrogen (secondary N) is 1. The lowest BCUT2D eigenvalue weighted by atomic mass is 10.3. The number of thioether (sulfide) groups is 1. The van der Waals surface area contributed by atoms with E-state index in [2.05, 4.69) is 12.3 Å². The highest BCUT2D eigenvalue weighted by atomic mass is 32.2. The average Bonchev–Trinajstić information content (AvgIpc) is 2.74. The summed E-state index contributed by atoms with van der Waals surface area (Å²) in [6.07, 6.45) is 0.993. The van der Waals surface area contributed by atoms with Gasteiger partial charge in [0.15, 0.2) is 0 Å². The van der Waals surface area contributed by atoms with Gasteiger partial charge in [0.2, 0.25) is 0 Å². The van der Waals surface area contributed by atoms with Gasteiger partial charge in [-0.1, -0.05) is 6.92 Å². The molecule has 1 unspecified atom stereocenters. The molecule has 6 heteroatoms. The van der Waals surface area contributed by atoms with Crippen molar-refractivity contribution in [2.45, 2.75) is 24.3 Å². The van der Waals surface area contributed by atoms with Gasteiger partial charge in [-0.2, -0.15) is 11.8 Å². The van der Waals surface area contributed by atoms with Crippen LogP contribution in [-0.2, 0) is 5.75 Å². The molecule has 0 aliphatic carbocycles. The second-order valence-corrected chi connectivity index (χ2v) is 5.79. The molecule has 0 saturated heterocycles. The standard InChI is InChI=1S/C10H17N3OS2/c1-7(2-4-11)16-6-8-3-5-15-9(8)10(14)13-12/h3,5,7H,2,4,6,11-12H2,1H3,(H,13,14). The van der Waals surface area contributed by atoms with Gasteiger partial charge in [-0.3, -0.25) is 10.2 Å². The third-order valence-corrected chi connectivity index (χ3v) is 4.42. The first-order valence-electron chi connectivity index (χ1n) is 5.08. The molecule has 0 bridgehead atoms. The number of hydrazine groups is 1. The number of nitrogens with two attached hydrogens (primary N) is 2. The summed E-state index contributed by atoms with van der Waals surface area (Å²) < 4.78 is 0. The Balaban J connectivity index is 2.54. The molecule has 0 fully saturated rings. The smallest absolute Gasteiger partial charge is 0.275 e. The SMILES string of the molecule is CC(CCN)SCc1ccsc1C(=O)NN. The molecule has 4 nitrogen and oxygen atoms in total. The molecule has 1 heterocycles. The van der Waals surface area contributed by atoms with Gasteiger partial charge in [0.25, 0.3) is 5.91 Å². The molecule has 1 aromatic rings. The summed E-state index contributed by atoms with van der Waals surface area (Å²) in [7, 11) is 0. The molecule has 1 aromatic heterocycles. The zero-order valence-corrected chi connectivity index (χ0v) is 10.9. The molecule has 16 heavy (non-hydrogen) atoms. The lowest BCUT2D eigenvalue weighted by molar-refractivity contribution is 0.0957. The molecular formula is C10H17N3OS2. The van der Waals surface area contributed by atoms with E-state index in [0.717, 1.165) is 17.7 Å². The minimum absolute atomic E-state index is 0.211. The third kappa shape index (κ3) is 3.79. The van der Waals surface area contributed by atoms with Gasteiger partial charge < -0.3 is 5.73 Å². The van der Waals surface area contributed by atoms with Gasteiger partial charge >= 0.3 is 0 Å². The van der Waals surface area contributed by atoms with Crippen molar-refractivity contribution < 1.29 is 4.79 Å². The zero-order valence-electron chi connectivity index (χ0n) is 9.23. The first kappa shape index (κ1) is 13.5. The van der Waals surface area contributed by atoms with Gasteiger partial charge in [-0.25, -0.2) is 5.84 Å². The number of amides is 1. The van der Waals surface area contributed by atoms with Gasteiger partial charge in [0.05, 0.1) is 4.88 Å². The summed E-state index contributed by atoms with van der Waals surface area (Å²) >= 11 is 3.22. The maximum Gasteiger partial charge on any atom is 0.275 e. The fourth-order valence-corrected chi connectivity index (χ4v) is 3.19. The minimum atomic E-state index is -0.211. The van der Waals surface area contributed by atoms with Crippen molar-refractivity contribution in [2.24, 2.45) is 11.6 Å². The van der Waals surface area contributed by atoms with Gasteiger partial charge in [0.1, 0.15) is 0 Å². The Hall–Kier alpha value is -0.560. The highest BCUT2D eigenvalue weighted by Gasteiger charge is 2.12. The van der Waals surface area contributed by atoms with Gasteiger partial charge in [-0.15, -0.1) is 11.3 Å². The molecule has 0 saturated carbocycles. The Bertz CT molecular complexity index is 341. The topological polar surface area (TPSA) is 81.1 Å². The lowest BCUT2D eigenvalue weighted by Crippen LogP contribution is -2.29. The van der Waals surface area contributed by atoms with E-state index in [1.807, 2.05) is 11.4 Å². The largest absolute Gasteiger partial charge is 0.330 e. The van der Waals surface area contributed by atoms with Crippen molar-refractivity contribution in [1.29, 1.82) is 0 Å². The number of nitrogen functional groups attached to an aromatic ring is 1. The van der Waals surface area contributed by atoms with E-state index in [4.69, 9.17) is 11.6 Å². The van der Waals surface area contributed by atoms with E-state index in [1.54, 1.807) is 11.8 Å². The summed E-state index contributed by atoms with van der Waals surface area (Å²) in [6.45, 7) is 2.85. The predicted molar refractivity (Wildman–Crippen MR) is 70.4 cm³/mol. The fourth-order valence-electron chi connectivity index (χ4n) is 1.26. The molecule has 0 aliphatic rings. The fraction of sp³-hybridized carbons (Fsp3) is 0.500. The van der Waals surface area contributed by atoms with Gasteiger partial charge in [0, 0.05) is 11.0 Å². The van der Waals surface area contributed by atoms with Crippen molar-refractivity contribution in [3.05, 3.63) is 21.9 Å². The zero-order chi connectivity index (χ0) is 12.0. The van der Waals surface area contributed by atoms with Crippen LogP contribution in [0.4, 0.5) is 0 Å². The van der Waals surface area contributed by atoms with Crippen molar-refractivity contribution in [3.8, 4) is 0 Å². The van der Waals surface area contributed by atoms with E-state index < -0.39 is 0 Å². The molecule has 0 radical (unpaired) electrons. The molecule has 0 aromatic carbocycles. The van der Waals surface area contributed by atoms with Crippen LogP contribution >= 0.6 is 23.1 Å². The number of hydrogen-bond donors (Lipinski definition) is 3. The summed E-state index contributed by atoms with van der Waals surface area (Å²) in [5.41, 5.74) is 8.69. The highest BCUT2D eigenvalue weighted by Crippen LogP contribution is 2.25. The molecule has 1 atom stereocenters. The first-order chi connectivity index (χ1) is 7.69. The summed E-state index contributed by atoms with van der Waals surface area (Å²) in [5, 5.41) is 2.42. The Morgan fingerprint density at radius 2 is 2.44 bits per heavy atom. The summed E-state index contributed by atoms with van der Waals surface area (Å²) in [6, 6.07) is 1.97. The molecule has 5 N–H and O–H groups in total. The summed E-state index contributed by atoms with van der Waals surface area (Å²) in [4.78, 5) is 12.1. The normalized spacial score (nSPS) is 12.4. The Labute approximate surface area is 104 Å². The van der Waals surface area contributed by atoms with Crippen LogP contribution in [0.3, 0.4) is 0 Å². The monoisotopic (exact) mass is 259 g/mol. The van der Waals surface area contributed by atoms with Crippen LogP contribution in [0.5, 0.6) is 0 Å². The van der Waals surface area contributed by atoms with Crippen LogP contribution in [0, 0.1) is 0 Å². The van der Waals surface area contributed by atoms with Crippen molar-refractivity contribution in [3.63, 3.8) is 0 Å². The number of hydrogen-bond acceptors (Lipinski definition) is 5. The molecular weight excluding hydrogens is 242 g/mol. The maximum absolute atomic E-state index is 11.4. The van der Waals surface area contributed by atoms with Crippen LogP contribution in [0.25, 0.3) is 0 Å². The highest BCUT2D eigenvalue weighted by molar-refractivity contribution is 7.99. The number of carbonyl (C=O) groups excluding carboxylic acids is 1.